The molecule has 2 aromatic rings. The average molecular weight is 346 g/mol. The summed E-state index contributed by atoms with van der Waals surface area (Å²) in [6, 6.07) is 12.0. The van der Waals surface area contributed by atoms with Crippen LogP contribution in [0, 0.1) is 5.82 Å². The third-order valence-corrected chi connectivity index (χ3v) is 3.77. The summed E-state index contributed by atoms with van der Waals surface area (Å²) in [5.41, 5.74) is 1.39. The van der Waals surface area contributed by atoms with Gasteiger partial charge in [0.15, 0.2) is 11.5 Å². The van der Waals surface area contributed by atoms with Crippen LogP contribution in [0.25, 0.3) is 0 Å². The summed E-state index contributed by atoms with van der Waals surface area (Å²) in [6.07, 6.45) is 0. The van der Waals surface area contributed by atoms with E-state index < -0.39 is 0 Å². The number of likely N-dealkylation sites (N-methyl/N-ethyl adjacent to an activating group) is 1. The zero-order chi connectivity index (χ0) is 18.2. The molecule has 2 rings (SSSR count). The van der Waals surface area contributed by atoms with Crippen molar-refractivity contribution in [3.63, 3.8) is 0 Å². The number of hydrogen-bond acceptors (Lipinski definition) is 4. The Hall–Kier alpha value is -2.60. The van der Waals surface area contributed by atoms with E-state index in [2.05, 4.69) is 5.32 Å². The maximum absolute atomic E-state index is 13.6. The molecule has 1 amide bonds. The Bertz CT molecular complexity index is 722. The lowest BCUT2D eigenvalue weighted by Crippen LogP contribution is -2.34. The average Bonchev–Trinajstić information content (AvgIpc) is 2.60. The number of amides is 1. The first kappa shape index (κ1) is 18.7. The van der Waals surface area contributed by atoms with Crippen LogP contribution in [0.3, 0.4) is 0 Å². The summed E-state index contributed by atoms with van der Waals surface area (Å²) in [7, 11) is 5.01. The molecular weight excluding hydrogens is 323 g/mol. The molecule has 25 heavy (non-hydrogen) atoms. The molecule has 0 radical (unpaired) electrons. The lowest BCUT2D eigenvalue weighted by Gasteiger charge is -2.19. The molecule has 0 unspecified atom stereocenters. The second-order valence-corrected chi connectivity index (χ2v) is 5.69. The molecule has 0 aliphatic carbocycles. The summed E-state index contributed by atoms with van der Waals surface area (Å²) < 4.78 is 24.2. The first-order valence-electron chi connectivity index (χ1n) is 7.93. The summed E-state index contributed by atoms with van der Waals surface area (Å²) >= 11 is 0. The van der Waals surface area contributed by atoms with Crippen molar-refractivity contribution < 1.29 is 18.7 Å². The van der Waals surface area contributed by atoms with Crippen molar-refractivity contribution in [3.05, 3.63) is 59.4 Å². The highest BCUT2D eigenvalue weighted by atomic mass is 19.1. The third-order valence-electron chi connectivity index (χ3n) is 3.77. The van der Waals surface area contributed by atoms with E-state index in [9.17, 15) is 9.18 Å². The van der Waals surface area contributed by atoms with E-state index in [0.717, 1.165) is 5.56 Å². The van der Waals surface area contributed by atoms with Crippen LogP contribution in [0.1, 0.15) is 11.1 Å². The van der Waals surface area contributed by atoms with Gasteiger partial charge >= 0.3 is 0 Å². The number of hydrogen-bond donors (Lipinski definition) is 1. The Morgan fingerprint density at radius 3 is 2.48 bits per heavy atom. The Labute approximate surface area is 147 Å². The van der Waals surface area contributed by atoms with Crippen LogP contribution >= 0.6 is 0 Å². The molecule has 2 aromatic carbocycles. The largest absolute Gasteiger partial charge is 0.493 e. The summed E-state index contributed by atoms with van der Waals surface area (Å²) in [5.74, 6) is 0.811. The number of carbonyl (C=O) groups is 1. The van der Waals surface area contributed by atoms with Gasteiger partial charge in [-0.2, -0.15) is 0 Å². The maximum Gasteiger partial charge on any atom is 0.234 e. The van der Waals surface area contributed by atoms with Crippen molar-refractivity contribution in [1.29, 1.82) is 0 Å². The highest BCUT2D eigenvalue weighted by molar-refractivity contribution is 5.78. The lowest BCUT2D eigenvalue weighted by atomic mass is 10.1. The molecule has 0 aliphatic rings. The van der Waals surface area contributed by atoms with Crippen LogP contribution in [-0.4, -0.2) is 38.6 Å². The molecule has 6 heteroatoms. The van der Waals surface area contributed by atoms with E-state index in [4.69, 9.17) is 9.47 Å². The van der Waals surface area contributed by atoms with Crippen LogP contribution in [0.2, 0.25) is 0 Å². The van der Waals surface area contributed by atoms with E-state index >= 15 is 0 Å². The van der Waals surface area contributed by atoms with Crippen molar-refractivity contribution >= 4 is 5.91 Å². The van der Waals surface area contributed by atoms with Crippen molar-refractivity contribution in [1.82, 2.24) is 10.2 Å². The first-order valence-corrected chi connectivity index (χ1v) is 7.93. The number of para-hydroxylation sites is 1. The highest BCUT2D eigenvalue weighted by Gasteiger charge is 2.13. The molecule has 0 heterocycles. The molecule has 0 bridgehead atoms. The fourth-order valence-electron chi connectivity index (χ4n) is 2.56. The number of benzene rings is 2. The van der Waals surface area contributed by atoms with Gasteiger partial charge in [0.2, 0.25) is 5.91 Å². The smallest absolute Gasteiger partial charge is 0.234 e. The summed E-state index contributed by atoms with van der Waals surface area (Å²) in [6.45, 7) is 0.879. The molecule has 0 saturated heterocycles. The molecule has 5 nitrogen and oxygen atoms in total. The lowest BCUT2D eigenvalue weighted by molar-refractivity contribution is -0.122. The number of rotatable bonds is 8. The van der Waals surface area contributed by atoms with Gasteiger partial charge < -0.3 is 14.8 Å². The molecule has 0 spiro atoms. The molecular formula is C19H23FN2O3. The van der Waals surface area contributed by atoms with Crippen LogP contribution in [0.15, 0.2) is 42.5 Å². The predicted molar refractivity (Wildman–Crippen MR) is 94.1 cm³/mol. The van der Waals surface area contributed by atoms with E-state index in [0.29, 0.717) is 23.6 Å². The van der Waals surface area contributed by atoms with Gasteiger partial charge in [0.05, 0.1) is 20.8 Å². The zero-order valence-electron chi connectivity index (χ0n) is 14.7. The van der Waals surface area contributed by atoms with Gasteiger partial charge in [-0.05, 0) is 19.2 Å². The van der Waals surface area contributed by atoms with E-state index in [1.54, 1.807) is 32.4 Å². The highest BCUT2D eigenvalue weighted by Crippen LogP contribution is 2.31. The molecule has 0 aliphatic heterocycles. The normalized spacial score (nSPS) is 10.6. The molecule has 0 saturated carbocycles. The maximum atomic E-state index is 13.6. The molecule has 0 aromatic heterocycles. The van der Waals surface area contributed by atoms with Crippen molar-refractivity contribution in [2.75, 3.05) is 27.8 Å². The number of carbonyl (C=O) groups excluding carboxylic acids is 1. The minimum Gasteiger partial charge on any atom is -0.493 e. The fraction of sp³-hybridized carbons (Fsp3) is 0.316. The number of nitrogens with zero attached hydrogens (tertiary/aromatic N) is 1. The second kappa shape index (κ2) is 9.03. The Balaban J connectivity index is 1.91. The standard InChI is InChI=1S/C19H23FN2O3/c1-22(12-15-8-6-10-17(24-2)19(15)25-3)13-18(23)21-11-14-7-4-5-9-16(14)20/h4-10H,11-13H2,1-3H3,(H,21,23). The molecule has 0 fully saturated rings. The number of methoxy groups -OCH3 is 2. The topological polar surface area (TPSA) is 50.8 Å². The molecule has 134 valence electrons. The van der Waals surface area contributed by atoms with Gasteiger partial charge in [-0.15, -0.1) is 0 Å². The molecule has 0 atom stereocenters. The van der Waals surface area contributed by atoms with Crippen molar-refractivity contribution in [3.8, 4) is 11.5 Å². The second-order valence-electron chi connectivity index (χ2n) is 5.69. The van der Waals surface area contributed by atoms with Crippen LogP contribution in [0.5, 0.6) is 11.5 Å². The number of halogens is 1. The van der Waals surface area contributed by atoms with E-state index in [1.807, 2.05) is 30.1 Å². The minimum absolute atomic E-state index is 0.168. The van der Waals surface area contributed by atoms with Crippen LogP contribution in [0.4, 0.5) is 4.39 Å². The quantitative estimate of drug-likeness (QED) is 0.798. The van der Waals surface area contributed by atoms with E-state index in [1.165, 1.54) is 6.07 Å². The monoisotopic (exact) mass is 346 g/mol. The van der Waals surface area contributed by atoms with Gasteiger partial charge in [0.25, 0.3) is 0 Å². The van der Waals surface area contributed by atoms with Crippen molar-refractivity contribution in [2.24, 2.45) is 0 Å². The predicted octanol–water partition coefficient (Wildman–Crippen LogP) is 2.59. The third kappa shape index (κ3) is 5.19. The van der Waals surface area contributed by atoms with Gasteiger partial charge in [0.1, 0.15) is 5.82 Å². The van der Waals surface area contributed by atoms with Crippen LogP contribution in [-0.2, 0) is 17.9 Å². The van der Waals surface area contributed by atoms with Gasteiger partial charge in [-0.1, -0.05) is 30.3 Å². The Kier molecular flexibility index (Phi) is 6.77. The summed E-state index contributed by atoms with van der Waals surface area (Å²) in [5, 5.41) is 2.73. The van der Waals surface area contributed by atoms with Gasteiger partial charge in [-0.25, -0.2) is 4.39 Å². The van der Waals surface area contributed by atoms with Crippen molar-refractivity contribution in [2.45, 2.75) is 13.1 Å². The Morgan fingerprint density at radius 1 is 1.08 bits per heavy atom. The number of nitrogens with one attached hydrogen (secondary N) is 1. The SMILES string of the molecule is COc1cccc(CN(C)CC(=O)NCc2ccccc2F)c1OC. The number of ether oxygens (including phenoxy) is 2. The summed E-state index contributed by atoms with van der Waals surface area (Å²) in [4.78, 5) is 13.9. The zero-order valence-corrected chi connectivity index (χ0v) is 14.7. The fourth-order valence-corrected chi connectivity index (χ4v) is 2.56. The molecule has 1 N–H and O–H groups in total. The van der Waals surface area contributed by atoms with Gasteiger partial charge in [0, 0.05) is 24.2 Å². The first-order chi connectivity index (χ1) is 12.0. The van der Waals surface area contributed by atoms with E-state index in [-0.39, 0.29) is 24.8 Å². The van der Waals surface area contributed by atoms with Gasteiger partial charge in [-0.3, -0.25) is 9.69 Å². The Morgan fingerprint density at radius 2 is 1.80 bits per heavy atom. The van der Waals surface area contributed by atoms with Crippen LogP contribution < -0.4 is 14.8 Å². The minimum atomic E-state index is -0.322.